The highest BCUT2D eigenvalue weighted by Gasteiger charge is 2.24. The fraction of sp³-hybridized carbons (Fsp3) is 0.458. The third-order valence-corrected chi connectivity index (χ3v) is 6.64. The number of benzene rings is 1. The summed E-state index contributed by atoms with van der Waals surface area (Å²) in [6, 6.07) is 6.79. The van der Waals surface area contributed by atoms with E-state index in [0.717, 1.165) is 36.0 Å². The lowest BCUT2D eigenvalue weighted by molar-refractivity contribution is -0.123. The topological polar surface area (TPSA) is 68.9 Å². The van der Waals surface area contributed by atoms with Crippen molar-refractivity contribution in [2.24, 2.45) is 5.92 Å². The Kier molecular flexibility index (Phi) is 5.94. The summed E-state index contributed by atoms with van der Waals surface area (Å²) < 4.78 is 17.3. The number of amides is 1. The Morgan fingerprint density at radius 2 is 1.94 bits per heavy atom. The molecule has 7 heteroatoms. The Morgan fingerprint density at radius 1 is 1.19 bits per heavy atom. The van der Waals surface area contributed by atoms with Gasteiger partial charge in [-0.1, -0.05) is 38.0 Å². The Balaban J connectivity index is 1.61. The molecule has 2 heterocycles. The van der Waals surface area contributed by atoms with Gasteiger partial charge in [-0.3, -0.25) is 9.59 Å². The van der Waals surface area contributed by atoms with Crippen LogP contribution in [-0.4, -0.2) is 26.3 Å². The first-order valence-corrected chi connectivity index (χ1v) is 10.9. The molecule has 31 heavy (non-hydrogen) atoms. The second kappa shape index (κ2) is 8.65. The van der Waals surface area contributed by atoms with Gasteiger partial charge in [0, 0.05) is 28.4 Å². The van der Waals surface area contributed by atoms with Gasteiger partial charge in [0.15, 0.2) is 0 Å². The number of nitrogens with one attached hydrogen (secondary N) is 1. The van der Waals surface area contributed by atoms with Crippen LogP contribution in [0.4, 0.5) is 4.39 Å². The van der Waals surface area contributed by atoms with Gasteiger partial charge >= 0.3 is 0 Å². The van der Waals surface area contributed by atoms with E-state index in [2.05, 4.69) is 17.3 Å². The summed E-state index contributed by atoms with van der Waals surface area (Å²) >= 11 is 0. The Morgan fingerprint density at radius 3 is 2.68 bits per heavy atom. The zero-order valence-corrected chi connectivity index (χ0v) is 18.3. The van der Waals surface area contributed by atoms with E-state index in [-0.39, 0.29) is 29.9 Å². The van der Waals surface area contributed by atoms with Gasteiger partial charge in [0.25, 0.3) is 5.56 Å². The fourth-order valence-electron chi connectivity index (χ4n) is 4.71. The molecule has 6 nitrogen and oxygen atoms in total. The Labute approximate surface area is 181 Å². The molecule has 4 rings (SSSR count). The van der Waals surface area contributed by atoms with Crippen LogP contribution in [0.2, 0.25) is 0 Å². The van der Waals surface area contributed by atoms with Crippen LogP contribution < -0.4 is 10.9 Å². The van der Waals surface area contributed by atoms with Gasteiger partial charge in [-0.2, -0.15) is 5.10 Å². The van der Waals surface area contributed by atoms with Crippen molar-refractivity contribution in [1.82, 2.24) is 19.7 Å². The lowest BCUT2D eigenvalue weighted by atomic mass is 9.86. The van der Waals surface area contributed by atoms with Crippen LogP contribution in [0.15, 0.2) is 35.3 Å². The molecule has 0 spiro atoms. The van der Waals surface area contributed by atoms with Crippen LogP contribution in [0.5, 0.6) is 0 Å². The number of carbonyl (C=O) groups is 1. The molecule has 164 valence electrons. The number of fused-ring (bicyclic) bond motifs is 1. The first-order chi connectivity index (χ1) is 14.9. The molecule has 0 aliphatic heterocycles. The zero-order chi connectivity index (χ0) is 22.1. The standard InChI is InChI=1S/C24H29FN4O2/c1-15-8-4-7-11-21(15)27-22(30)14-29-24(31)23-17(3)28(16(2)19(23)12-26-29)13-18-9-5-6-10-20(18)25/h5-6,9-10,12,15,21H,4,7-8,11,13-14H2,1-3H3,(H,27,30)/t15-,21-/m1/s1. The molecule has 0 unspecified atom stereocenters. The second-order valence-electron chi connectivity index (χ2n) is 8.68. The van der Waals surface area contributed by atoms with Gasteiger partial charge in [-0.25, -0.2) is 9.07 Å². The van der Waals surface area contributed by atoms with E-state index in [1.807, 2.05) is 18.4 Å². The lowest BCUT2D eigenvalue weighted by Gasteiger charge is -2.29. The van der Waals surface area contributed by atoms with Gasteiger partial charge in [-0.15, -0.1) is 0 Å². The zero-order valence-electron chi connectivity index (χ0n) is 18.3. The molecule has 1 aliphatic rings. The van der Waals surface area contributed by atoms with E-state index in [0.29, 0.717) is 23.4 Å². The van der Waals surface area contributed by atoms with Crippen LogP contribution in [0.1, 0.15) is 49.6 Å². The highest BCUT2D eigenvalue weighted by molar-refractivity contribution is 5.87. The molecule has 1 saturated carbocycles. The normalized spacial score (nSPS) is 19.0. The molecule has 2 aromatic heterocycles. The highest BCUT2D eigenvalue weighted by Crippen LogP contribution is 2.25. The van der Waals surface area contributed by atoms with Gasteiger partial charge in [0.2, 0.25) is 5.91 Å². The summed E-state index contributed by atoms with van der Waals surface area (Å²) in [5.74, 6) is -0.0155. The van der Waals surface area contributed by atoms with E-state index >= 15 is 0 Å². The van der Waals surface area contributed by atoms with E-state index < -0.39 is 0 Å². The first-order valence-electron chi connectivity index (χ1n) is 10.9. The van der Waals surface area contributed by atoms with Crippen molar-refractivity contribution in [3.8, 4) is 0 Å². The van der Waals surface area contributed by atoms with Crippen LogP contribution in [0.25, 0.3) is 10.8 Å². The summed E-state index contributed by atoms with van der Waals surface area (Å²) in [6.45, 7) is 6.14. The molecular weight excluding hydrogens is 395 g/mol. The number of aromatic nitrogens is 3. The van der Waals surface area contributed by atoms with Crippen LogP contribution >= 0.6 is 0 Å². The molecule has 0 radical (unpaired) electrons. The fourth-order valence-corrected chi connectivity index (χ4v) is 4.71. The number of hydrogen-bond acceptors (Lipinski definition) is 3. The van der Waals surface area contributed by atoms with Crippen molar-refractivity contribution in [3.05, 3.63) is 63.6 Å². The average molecular weight is 425 g/mol. The molecule has 3 aromatic rings. The molecule has 1 aliphatic carbocycles. The number of hydrogen-bond donors (Lipinski definition) is 1. The van der Waals surface area contributed by atoms with E-state index in [9.17, 15) is 14.0 Å². The second-order valence-corrected chi connectivity index (χ2v) is 8.68. The van der Waals surface area contributed by atoms with Gasteiger partial charge in [0.1, 0.15) is 12.4 Å². The average Bonchev–Trinajstić information content (AvgIpc) is 2.98. The third-order valence-electron chi connectivity index (χ3n) is 6.64. The SMILES string of the molecule is Cc1c2cnn(CC(=O)N[C@@H]3CCCC[C@H]3C)c(=O)c2c(C)n1Cc1ccccc1F. The number of nitrogens with zero attached hydrogens (tertiary/aromatic N) is 3. The van der Waals surface area contributed by atoms with E-state index in [1.165, 1.54) is 17.2 Å². The number of rotatable bonds is 5. The van der Waals surface area contributed by atoms with E-state index in [1.54, 1.807) is 24.4 Å². The molecule has 1 amide bonds. The van der Waals surface area contributed by atoms with Crippen molar-refractivity contribution in [1.29, 1.82) is 0 Å². The number of carbonyl (C=O) groups excluding carboxylic acids is 1. The minimum atomic E-state index is -0.294. The maximum Gasteiger partial charge on any atom is 0.276 e. The minimum Gasteiger partial charge on any atom is -0.351 e. The molecule has 0 bridgehead atoms. The Hall–Kier alpha value is -2.96. The maximum absolute atomic E-state index is 14.2. The molecule has 1 aromatic carbocycles. The van der Waals surface area contributed by atoms with Gasteiger partial charge in [-0.05, 0) is 38.7 Å². The largest absolute Gasteiger partial charge is 0.351 e. The van der Waals surface area contributed by atoms with Gasteiger partial charge in [0.05, 0.1) is 18.1 Å². The minimum absolute atomic E-state index is 0.102. The molecule has 1 N–H and O–H groups in total. The summed E-state index contributed by atoms with van der Waals surface area (Å²) in [5, 5.41) is 8.59. The van der Waals surface area contributed by atoms with Crippen molar-refractivity contribution in [2.45, 2.75) is 65.6 Å². The van der Waals surface area contributed by atoms with Crippen molar-refractivity contribution < 1.29 is 9.18 Å². The smallest absolute Gasteiger partial charge is 0.276 e. The highest BCUT2D eigenvalue weighted by atomic mass is 19.1. The van der Waals surface area contributed by atoms with Crippen LogP contribution in [0, 0.1) is 25.6 Å². The molecular formula is C24H29FN4O2. The molecule has 0 saturated heterocycles. The summed E-state index contributed by atoms with van der Waals surface area (Å²) in [5.41, 5.74) is 1.87. The Bertz CT molecular complexity index is 1180. The first kappa shape index (κ1) is 21.3. The maximum atomic E-state index is 14.2. The predicted molar refractivity (Wildman–Crippen MR) is 119 cm³/mol. The van der Waals surface area contributed by atoms with Crippen molar-refractivity contribution >= 4 is 16.7 Å². The van der Waals surface area contributed by atoms with Crippen molar-refractivity contribution in [2.75, 3.05) is 0 Å². The summed E-state index contributed by atoms with van der Waals surface area (Å²) in [7, 11) is 0. The quantitative estimate of drug-likeness (QED) is 0.679. The monoisotopic (exact) mass is 424 g/mol. The van der Waals surface area contributed by atoms with Gasteiger partial charge < -0.3 is 9.88 Å². The van der Waals surface area contributed by atoms with Crippen LogP contribution in [-0.2, 0) is 17.9 Å². The summed E-state index contributed by atoms with van der Waals surface area (Å²) in [6.07, 6.45) is 6.04. The van der Waals surface area contributed by atoms with Crippen molar-refractivity contribution in [3.63, 3.8) is 0 Å². The number of aryl methyl sites for hydroxylation is 2. The molecule has 1 fully saturated rings. The molecule has 2 atom stereocenters. The predicted octanol–water partition coefficient (Wildman–Crippen LogP) is 3.70. The van der Waals surface area contributed by atoms with Crippen LogP contribution in [0.3, 0.4) is 0 Å². The summed E-state index contributed by atoms with van der Waals surface area (Å²) in [4.78, 5) is 25.8. The number of halogens is 1. The van der Waals surface area contributed by atoms with E-state index in [4.69, 9.17) is 0 Å². The lowest BCUT2D eigenvalue weighted by Crippen LogP contribution is -2.43. The third kappa shape index (κ3) is 4.13.